The first-order chi connectivity index (χ1) is 5.34. The molecular weight excluding hydrogens is 136 g/mol. The minimum Gasteiger partial charge on any atom is -0.300 e. The molecule has 2 bridgehead atoms. The second-order valence-corrected chi connectivity index (χ2v) is 3.86. The van der Waals surface area contributed by atoms with Crippen LogP contribution in [0.25, 0.3) is 0 Å². The van der Waals surface area contributed by atoms with E-state index in [1.165, 1.54) is 6.42 Å². The van der Waals surface area contributed by atoms with E-state index in [2.05, 4.69) is 12.2 Å². The van der Waals surface area contributed by atoms with E-state index in [0.29, 0.717) is 17.6 Å². The van der Waals surface area contributed by atoms with Gasteiger partial charge < -0.3 is 0 Å². The maximum Gasteiger partial charge on any atom is 0.133 e. The summed E-state index contributed by atoms with van der Waals surface area (Å²) in [5.41, 5.74) is 0. The Morgan fingerprint density at radius 3 is 2.18 bits per heavy atom. The number of allylic oxidation sites excluding steroid dienone is 2. The van der Waals surface area contributed by atoms with E-state index >= 15 is 0 Å². The van der Waals surface area contributed by atoms with Crippen molar-refractivity contribution in [3.63, 3.8) is 0 Å². The average Bonchev–Trinajstić information content (AvgIpc) is 2.11. The molecule has 0 heterocycles. The van der Waals surface area contributed by atoms with E-state index < -0.39 is 0 Å². The van der Waals surface area contributed by atoms with Gasteiger partial charge in [-0.25, -0.2) is 0 Å². The Morgan fingerprint density at radius 2 is 1.64 bits per heavy atom. The van der Waals surface area contributed by atoms with Crippen molar-refractivity contribution in [2.24, 2.45) is 11.8 Å². The SMILES string of the molecule is O=C1CC2CC=CCC(C1)C2. The lowest BCUT2D eigenvalue weighted by Crippen LogP contribution is -2.20. The molecule has 2 aliphatic rings. The molecule has 0 amide bonds. The highest BCUT2D eigenvalue weighted by molar-refractivity contribution is 5.79. The van der Waals surface area contributed by atoms with Crippen LogP contribution in [0.15, 0.2) is 12.2 Å². The Bertz CT molecular complexity index is 175. The quantitative estimate of drug-likeness (QED) is 0.484. The number of carbonyl (C=O) groups excluding carboxylic acids is 1. The molecule has 2 unspecified atom stereocenters. The zero-order valence-corrected chi connectivity index (χ0v) is 6.75. The summed E-state index contributed by atoms with van der Waals surface area (Å²) in [7, 11) is 0. The lowest BCUT2D eigenvalue weighted by molar-refractivity contribution is -0.122. The Hall–Kier alpha value is -0.590. The van der Waals surface area contributed by atoms with Crippen LogP contribution in [0.3, 0.4) is 0 Å². The first-order valence-electron chi connectivity index (χ1n) is 4.51. The van der Waals surface area contributed by atoms with Gasteiger partial charge in [0, 0.05) is 12.8 Å². The van der Waals surface area contributed by atoms with Gasteiger partial charge in [-0.3, -0.25) is 4.79 Å². The molecule has 0 spiro atoms. The first-order valence-corrected chi connectivity index (χ1v) is 4.51. The van der Waals surface area contributed by atoms with Crippen molar-refractivity contribution in [3.8, 4) is 0 Å². The van der Waals surface area contributed by atoms with Crippen molar-refractivity contribution >= 4 is 5.78 Å². The predicted octanol–water partition coefficient (Wildman–Crippen LogP) is 2.32. The minimum atomic E-state index is 0.495. The average molecular weight is 150 g/mol. The molecule has 2 atom stereocenters. The minimum absolute atomic E-state index is 0.495. The number of fused-ring (bicyclic) bond motifs is 2. The topological polar surface area (TPSA) is 17.1 Å². The summed E-state index contributed by atoms with van der Waals surface area (Å²) in [6.07, 6.45) is 9.78. The van der Waals surface area contributed by atoms with Gasteiger partial charge in [0.15, 0.2) is 0 Å². The van der Waals surface area contributed by atoms with E-state index in [-0.39, 0.29) is 0 Å². The smallest absolute Gasteiger partial charge is 0.133 e. The van der Waals surface area contributed by atoms with Crippen LogP contribution >= 0.6 is 0 Å². The fourth-order valence-corrected chi connectivity index (χ4v) is 2.30. The monoisotopic (exact) mass is 150 g/mol. The fourth-order valence-electron chi connectivity index (χ4n) is 2.30. The van der Waals surface area contributed by atoms with Crippen LogP contribution in [0.4, 0.5) is 0 Å². The summed E-state index contributed by atoms with van der Waals surface area (Å²) >= 11 is 0. The predicted molar refractivity (Wildman–Crippen MR) is 44.2 cm³/mol. The van der Waals surface area contributed by atoms with Crippen molar-refractivity contribution in [2.45, 2.75) is 32.1 Å². The Balaban J connectivity index is 2.10. The van der Waals surface area contributed by atoms with Gasteiger partial charge in [0.2, 0.25) is 0 Å². The van der Waals surface area contributed by atoms with Gasteiger partial charge in [-0.2, -0.15) is 0 Å². The van der Waals surface area contributed by atoms with Gasteiger partial charge >= 0.3 is 0 Å². The summed E-state index contributed by atoms with van der Waals surface area (Å²) in [5.74, 6) is 1.86. The van der Waals surface area contributed by atoms with Crippen LogP contribution in [0.2, 0.25) is 0 Å². The van der Waals surface area contributed by atoms with E-state index in [1.54, 1.807) is 0 Å². The fraction of sp³-hybridized carbons (Fsp3) is 0.700. The Morgan fingerprint density at radius 1 is 1.09 bits per heavy atom. The summed E-state index contributed by atoms with van der Waals surface area (Å²) in [6.45, 7) is 0. The lowest BCUT2D eigenvalue weighted by atomic mass is 9.80. The molecule has 0 aromatic carbocycles. The van der Waals surface area contributed by atoms with Crippen LogP contribution in [0.1, 0.15) is 32.1 Å². The molecule has 11 heavy (non-hydrogen) atoms. The molecular formula is C10H14O. The largest absolute Gasteiger partial charge is 0.300 e. The Kier molecular flexibility index (Phi) is 1.80. The summed E-state index contributed by atoms with van der Waals surface area (Å²) < 4.78 is 0. The second kappa shape index (κ2) is 2.80. The lowest BCUT2D eigenvalue weighted by Gasteiger charge is -2.24. The highest BCUT2D eigenvalue weighted by Crippen LogP contribution is 2.33. The van der Waals surface area contributed by atoms with Crippen molar-refractivity contribution < 1.29 is 4.79 Å². The van der Waals surface area contributed by atoms with Crippen molar-refractivity contribution in [1.29, 1.82) is 0 Å². The third-order valence-electron chi connectivity index (χ3n) is 2.80. The van der Waals surface area contributed by atoms with E-state index in [9.17, 15) is 4.79 Å². The maximum absolute atomic E-state index is 11.2. The van der Waals surface area contributed by atoms with E-state index in [4.69, 9.17) is 0 Å². The van der Waals surface area contributed by atoms with Gasteiger partial charge in [0.1, 0.15) is 5.78 Å². The van der Waals surface area contributed by atoms with Crippen LogP contribution in [0, 0.1) is 11.8 Å². The molecule has 0 radical (unpaired) electrons. The molecule has 0 aromatic rings. The van der Waals surface area contributed by atoms with Gasteiger partial charge in [-0.05, 0) is 31.1 Å². The van der Waals surface area contributed by atoms with Gasteiger partial charge in [-0.1, -0.05) is 12.2 Å². The molecule has 2 rings (SSSR count). The standard InChI is InChI=1S/C10H14O/c11-10-6-8-3-1-2-4-9(5-8)7-10/h1-2,8-9H,3-7H2. The molecule has 0 aliphatic heterocycles. The highest BCUT2D eigenvalue weighted by Gasteiger charge is 2.26. The van der Waals surface area contributed by atoms with Gasteiger partial charge in [0.25, 0.3) is 0 Å². The zero-order chi connectivity index (χ0) is 7.68. The first kappa shape index (κ1) is 7.08. The molecule has 1 nitrogen and oxygen atoms in total. The highest BCUT2D eigenvalue weighted by atomic mass is 16.1. The van der Waals surface area contributed by atoms with Crippen molar-refractivity contribution in [3.05, 3.63) is 12.2 Å². The number of hydrogen-bond donors (Lipinski definition) is 0. The van der Waals surface area contributed by atoms with E-state index in [0.717, 1.165) is 25.7 Å². The van der Waals surface area contributed by atoms with Crippen LogP contribution in [0.5, 0.6) is 0 Å². The number of rotatable bonds is 0. The zero-order valence-electron chi connectivity index (χ0n) is 6.75. The molecule has 1 saturated carbocycles. The maximum atomic E-state index is 11.2. The number of hydrogen-bond acceptors (Lipinski definition) is 1. The third kappa shape index (κ3) is 1.52. The molecule has 2 aliphatic carbocycles. The van der Waals surface area contributed by atoms with Crippen LogP contribution in [-0.4, -0.2) is 5.78 Å². The summed E-state index contributed by atoms with van der Waals surface area (Å²) in [4.78, 5) is 11.2. The second-order valence-electron chi connectivity index (χ2n) is 3.86. The Labute approximate surface area is 67.5 Å². The van der Waals surface area contributed by atoms with Gasteiger partial charge in [-0.15, -0.1) is 0 Å². The number of Topliss-reactive ketones (excluding diaryl/α,β-unsaturated/α-hetero) is 1. The normalized spacial score (nSPS) is 36.9. The third-order valence-corrected chi connectivity index (χ3v) is 2.80. The van der Waals surface area contributed by atoms with Gasteiger partial charge in [0.05, 0.1) is 0 Å². The number of ketones is 1. The molecule has 0 saturated heterocycles. The molecule has 1 heteroatoms. The summed E-state index contributed by atoms with van der Waals surface area (Å²) in [6, 6.07) is 0. The van der Waals surface area contributed by atoms with E-state index in [1.807, 2.05) is 0 Å². The molecule has 1 fully saturated rings. The number of carbonyl (C=O) groups is 1. The molecule has 0 aromatic heterocycles. The molecule has 60 valence electrons. The van der Waals surface area contributed by atoms with Crippen LogP contribution in [-0.2, 0) is 4.79 Å². The molecule has 0 N–H and O–H groups in total. The van der Waals surface area contributed by atoms with Crippen LogP contribution < -0.4 is 0 Å². The van der Waals surface area contributed by atoms with Crippen molar-refractivity contribution in [2.75, 3.05) is 0 Å². The van der Waals surface area contributed by atoms with Crippen molar-refractivity contribution in [1.82, 2.24) is 0 Å². The summed E-state index contributed by atoms with van der Waals surface area (Å²) in [5, 5.41) is 0.